The summed E-state index contributed by atoms with van der Waals surface area (Å²) < 4.78 is 0. The normalized spacial score (nSPS) is 10.1. The van der Waals surface area contributed by atoms with Crippen molar-refractivity contribution >= 4 is 17.4 Å². The average molecular weight is 241 g/mol. The van der Waals surface area contributed by atoms with Gasteiger partial charge < -0.3 is 5.73 Å². The van der Waals surface area contributed by atoms with Crippen LogP contribution in [0.25, 0.3) is 0 Å². The minimum Gasteiger partial charge on any atom is -0.397 e. The van der Waals surface area contributed by atoms with E-state index in [9.17, 15) is 4.79 Å². The third-order valence-electron chi connectivity index (χ3n) is 2.68. The van der Waals surface area contributed by atoms with Gasteiger partial charge in [0.05, 0.1) is 11.9 Å². The van der Waals surface area contributed by atoms with Gasteiger partial charge in [0.1, 0.15) is 5.82 Å². The molecule has 0 spiro atoms. The molecule has 0 unspecified atom stereocenters. The minimum atomic E-state index is -0.0871. The first kappa shape index (κ1) is 12.1. The second kappa shape index (κ2) is 4.87. The summed E-state index contributed by atoms with van der Waals surface area (Å²) in [6.07, 6.45) is 1.54. The van der Waals surface area contributed by atoms with Crippen molar-refractivity contribution in [3.63, 3.8) is 0 Å². The predicted octanol–water partition coefficient (Wildman–Crippen LogP) is 2.25. The van der Waals surface area contributed by atoms with E-state index < -0.39 is 0 Å². The molecule has 0 aliphatic heterocycles. The van der Waals surface area contributed by atoms with Crippen LogP contribution < -0.4 is 10.6 Å². The summed E-state index contributed by atoms with van der Waals surface area (Å²) in [5.41, 5.74) is 7.85. The lowest BCUT2D eigenvalue weighted by Gasteiger charge is -2.16. The van der Waals surface area contributed by atoms with Crippen LogP contribution in [-0.4, -0.2) is 17.9 Å². The Labute approximate surface area is 106 Å². The second-order valence-electron chi connectivity index (χ2n) is 4.18. The third kappa shape index (κ3) is 2.48. The van der Waals surface area contributed by atoms with Crippen molar-refractivity contribution in [3.05, 3.63) is 53.7 Å². The fourth-order valence-corrected chi connectivity index (χ4v) is 1.67. The maximum absolute atomic E-state index is 12.2. The van der Waals surface area contributed by atoms with E-state index in [1.807, 2.05) is 25.1 Å². The number of anilines is 2. The van der Waals surface area contributed by atoms with Crippen LogP contribution in [0.5, 0.6) is 0 Å². The smallest absolute Gasteiger partial charge is 0.259 e. The number of pyridine rings is 1. The summed E-state index contributed by atoms with van der Waals surface area (Å²) >= 11 is 0. The number of nitrogens with zero attached hydrogens (tertiary/aromatic N) is 2. The first-order valence-corrected chi connectivity index (χ1v) is 5.64. The molecule has 4 nitrogen and oxygen atoms in total. The Bertz CT molecular complexity index is 564. The molecule has 0 radical (unpaired) electrons. The molecular weight excluding hydrogens is 226 g/mol. The topological polar surface area (TPSA) is 59.2 Å². The van der Waals surface area contributed by atoms with Crippen molar-refractivity contribution in [2.75, 3.05) is 17.7 Å². The number of rotatable bonds is 2. The number of benzene rings is 1. The molecule has 4 heteroatoms. The van der Waals surface area contributed by atoms with Gasteiger partial charge in [-0.05, 0) is 31.2 Å². The van der Waals surface area contributed by atoms with Crippen LogP contribution in [0.4, 0.5) is 11.5 Å². The van der Waals surface area contributed by atoms with E-state index >= 15 is 0 Å². The van der Waals surface area contributed by atoms with Crippen LogP contribution in [0.2, 0.25) is 0 Å². The van der Waals surface area contributed by atoms with Crippen molar-refractivity contribution in [2.45, 2.75) is 6.92 Å². The SMILES string of the molecule is Cc1cccc(C(=O)N(C)c2ccc(N)cn2)c1. The number of nitrogen functional groups attached to an aromatic ring is 1. The van der Waals surface area contributed by atoms with E-state index in [-0.39, 0.29) is 5.91 Å². The quantitative estimate of drug-likeness (QED) is 0.877. The van der Waals surface area contributed by atoms with Gasteiger partial charge in [-0.3, -0.25) is 9.69 Å². The van der Waals surface area contributed by atoms with Crippen LogP contribution in [0.1, 0.15) is 15.9 Å². The molecule has 0 aliphatic carbocycles. The van der Waals surface area contributed by atoms with Crippen LogP contribution >= 0.6 is 0 Å². The summed E-state index contributed by atoms with van der Waals surface area (Å²) in [4.78, 5) is 17.9. The lowest BCUT2D eigenvalue weighted by Crippen LogP contribution is -2.27. The highest BCUT2D eigenvalue weighted by atomic mass is 16.2. The van der Waals surface area contributed by atoms with E-state index in [0.717, 1.165) is 5.56 Å². The molecule has 2 aromatic rings. The van der Waals surface area contributed by atoms with Crippen molar-refractivity contribution in [1.82, 2.24) is 4.98 Å². The first-order valence-electron chi connectivity index (χ1n) is 5.64. The molecule has 0 bridgehead atoms. The molecule has 2 rings (SSSR count). The fraction of sp³-hybridized carbons (Fsp3) is 0.143. The van der Waals surface area contributed by atoms with E-state index in [0.29, 0.717) is 17.1 Å². The number of amides is 1. The van der Waals surface area contributed by atoms with Gasteiger partial charge in [0.2, 0.25) is 0 Å². The van der Waals surface area contributed by atoms with Crippen LogP contribution in [0.3, 0.4) is 0 Å². The van der Waals surface area contributed by atoms with Crippen LogP contribution in [0, 0.1) is 6.92 Å². The maximum atomic E-state index is 12.2. The average Bonchev–Trinajstić information content (AvgIpc) is 2.38. The highest BCUT2D eigenvalue weighted by molar-refractivity contribution is 6.05. The van der Waals surface area contributed by atoms with Gasteiger partial charge in [0, 0.05) is 12.6 Å². The molecule has 0 saturated heterocycles. The van der Waals surface area contributed by atoms with Crippen LogP contribution in [0.15, 0.2) is 42.6 Å². The van der Waals surface area contributed by atoms with E-state index in [1.165, 1.54) is 11.1 Å². The number of hydrogen-bond donors (Lipinski definition) is 1. The number of nitrogens with two attached hydrogens (primary N) is 1. The number of hydrogen-bond acceptors (Lipinski definition) is 3. The van der Waals surface area contributed by atoms with E-state index in [1.54, 1.807) is 25.2 Å². The summed E-state index contributed by atoms with van der Waals surface area (Å²) in [7, 11) is 1.70. The zero-order valence-corrected chi connectivity index (χ0v) is 10.4. The monoisotopic (exact) mass is 241 g/mol. The molecule has 18 heavy (non-hydrogen) atoms. The van der Waals surface area contributed by atoms with Gasteiger partial charge in [0.15, 0.2) is 0 Å². The molecule has 2 N–H and O–H groups in total. The van der Waals surface area contributed by atoms with Crippen molar-refractivity contribution < 1.29 is 4.79 Å². The number of carbonyl (C=O) groups excluding carboxylic acids is 1. The summed E-state index contributed by atoms with van der Waals surface area (Å²) in [5, 5.41) is 0. The molecule has 1 aromatic carbocycles. The number of aromatic nitrogens is 1. The van der Waals surface area contributed by atoms with Gasteiger partial charge in [-0.2, -0.15) is 0 Å². The fourth-order valence-electron chi connectivity index (χ4n) is 1.67. The molecule has 1 amide bonds. The van der Waals surface area contributed by atoms with Gasteiger partial charge in [-0.15, -0.1) is 0 Å². The molecule has 92 valence electrons. The zero-order chi connectivity index (χ0) is 13.1. The largest absolute Gasteiger partial charge is 0.397 e. The minimum absolute atomic E-state index is 0.0871. The van der Waals surface area contributed by atoms with Crippen molar-refractivity contribution in [3.8, 4) is 0 Å². The Morgan fingerprint density at radius 1 is 1.28 bits per heavy atom. The highest BCUT2D eigenvalue weighted by Crippen LogP contribution is 2.14. The maximum Gasteiger partial charge on any atom is 0.259 e. The molecule has 0 fully saturated rings. The van der Waals surface area contributed by atoms with E-state index in [2.05, 4.69) is 4.98 Å². The molecule has 0 saturated carbocycles. The first-order chi connectivity index (χ1) is 8.58. The van der Waals surface area contributed by atoms with Gasteiger partial charge in [0.25, 0.3) is 5.91 Å². The Hall–Kier alpha value is -2.36. The van der Waals surface area contributed by atoms with Gasteiger partial charge in [-0.1, -0.05) is 17.7 Å². The van der Waals surface area contributed by atoms with Crippen molar-refractivity contribution in [2.24, 2.45) is 0 Å². The summed E-state index contributed by atoms with van der Waals surface area (Å²) in [6.45, 7) is 1.96. The Balaban J connectivity index is 2.26. The van der Waals surface area contributed by atoms with Gasteiger partial charge >= 0.3 is 0 Å². The Morgan fingerprint density at radius 3 is 2.67 bits per heavy atom. The zero-order valence-electron chi connectivity index (χ0n) is 10.4. The standard InChI is InChI=1S/C14H15N3O/c1-10-4-3-5-11(8-10)14(18)17(2)13-7-6-12(15)9-16-13/h3-9H,15H2,1-2H3. The molecule has 1 aromatic heterocycles. The Kier molecular flexibility index (Phi) is 3.28. The number of carbonyl (C=O) groups is 1. The molecule has 0 aliphatic rings. The predicted molar refractivity (Wildman–Crippen MR) is 72.6 cm³/mol. The molecule has 1 heterocycles. The lowest BCUT2D eigenvalue weighted by atomic mass is 10.1. The third-order valence-corrected chi connectivity index (χ3v) is 2.68. The van der Waals surface area contributed by atoms with Gasteiger partial charge in [-0.25, -0.2) is 4.98 Å². The molecular formula is C14H15N3O. The molecule has 0 atom stereocenters. The lowest BCUT2D eigenvalue weighted by molar-refractivity contribution is 0.0992. The number of aryl methyl sites for hydroxylation is 1. The van der Waals surface area contributed by atoms with E-state index in [4.69, 9.17) is 5.73 Å². The van der Waals surface area contributed by atoms with Crippen molar-refractivity contribution in [1.29, 1.82) is 0 Å². The second-order valence-corrected chi connectivity index (χ2v) is 4.18. The Morgan fingerprint density at radius 2 is 2.06 bits per heavy atom. The highest BCUT2D eigenvalue weighted by Gasteiger charge is 2.14. The van der Waals surface area contributed by atoms with Crippen LogP contribution in [-0.2, 0) is 0 Å². The summed E-state index contributed by atoms with van der Waals surface area (Å²) in [5.74, 6) is 0.492. The summed E-state index contributed by atoms with van der Waals surface area (Å²) in [6, 6.07) is 10.9.